The van der Waals surface area contributed by atoms with Gasteiger partial charge in [0.25, 0.3) is 0 Å². The summed E-state index contributed by atoms with van der Waals surface area (Å²) in [5, 5.41) is 0. The molecule has 0 spiro atoms. The van der Waals surface area contributed by atoms with Crippen LogP contribution in [0.4, 0.5) is 0 Å². The third-order valence-corrected chi connectivity index (χ3v) is 1.49. The van der Waals surface area contributed by atoms with Crippen LogP contribution in [0.2, 0.25) is 0 Å². The number of hydrogen-bond donors (Lipinski definition) is 0. The molecule has 0 aromatic heterocycles. The SMILES string of the molecule is O=C/C=C/C#CN1CCOCC1. The van der Waals surface area contributed by atoms with Gasteiger partial charge in [-0.3, -0.25) is 4.79 Å². The summed E-state index contributed by atoms with van der Waals surface area (Å²) in [5.74, 6) is 2.76. The Balaban J connectivity index is 2.30. The van der Waals surface area contributed by atoms with Crippen molar-refractivity contribution in [3.63, 3.8) is 0 Å². The van der Waals surface area contributed by atoms with Gasteiger partial charge < -0.3 is 9.64 Å². The molecule has 0 saturated carbocycles. The molecule has 1 aliphatic rings. The molecule has 0 bridgehead atoms. The summed E-state index contributed by atoms with van der Waals surface area (Å²) in [4.78, 5) is 11.9. The van der Waals surface area contributed by atoms with Gasteiger partial charge in [-0.25, -0.2) is 0 Å². The second kappa shape index (κ2) is 5.39. The van der Waals surface area contributed by atoms with E-state index in [9.17, 15) is 4.79 Å². The molecule has 12 heavy (non-hydrogen) atoms. The van der Waals surface area contributed by atoms with Gasteiger partial charge in [-0.15, -0.1) is 0 Å². The lowest BCUT2D eigenvalue weighted by Gasteiger charge is -2.22. The molecule has 0 radical (unpaired) electrons. The minimum Gasteiger partial charge on any atom is -0.378 e. The summed E-state index contributed by atoms with van der Waals surface area (Å²) >= 11 is 0. The zero-order chi connectivity index (χ0) is 8.65. The molecule has 1 aliphatic heterocycles. The Morgan fingerprint density at radius 3 is 2.75 bits per heavy atom. The molecule has 0 unspecified atom stereocenters. The highest BCUT2D eigenvalue weighted by atomic mass is 16.5. The molecular weight excluding hydrogens is 154 g/mol. The van der Waals surface area contributed by atoms with E-state index >= 15 is 0 Å². The molecule has 64 valence electrons. The lowest BCUT2D eigenvalue weighted by atomic mass is 10.4. The van der Waals surface area contributed by atoms with Crippen molar-refractivity contribution in [1.29, 1.82) is 0 Å². The van der Waals surface area contributed by atoms with Crippen molar-refractivity contribution in [3.05, 3.63) is 12.2 Å². The van der Waals surface area contributed by atoms with E-state index in [2.05, 4.69) is 12.0 Å². The number of allylic oxidation sites excluding steroid dienone is 2. The maximum absolute atomic E-state index is 9.87. The number of rotatable bonds is 1. The van der Waals surface area contributed by atoms with Crippen LogP contribution in [0.5, 0.6) is 0 Å². The van der Waals surface area contributed by atoms with Crippen LogP contribution in [0, 0.1) is 12.0 Å². The fraction of sp³-hybridized carbons (Fsp3) is 0.444. The second-order valence-corrected chi connectivity index (χ2v) is 2.35. The topological polar surface area (TPSA) is 29.5 Å². The van der Waals surface area contributed by atoms with Crippen molar-refractivity contribution in [3.8, 4) is 12.0 Å². The Kier molecular flexibility index (Phi) is 3.96. The first-order valence-electron chi connectivity index (χ1n) is 3.87. The third kappa shape index (κ3) is 3.22. The van der Waals surface area contributed by atoms with Gasteiger partial charge in [0, 0.05) is 19.1 Å². The van der Waals surface area contributed by atoms with Crippen LogP contribution in [0.3, 0.4) is 0 Å². The largest absolute Gasteiger partial charge is 0.378 e. The van der Waals surface area contributed by atoms with Crippen molar-refractivity contribution in [2.75, 3.05) is 26.3 Å². The summed E-state index contributed by atoms with van der Waals surface area (Å²) in [6, 6.07) is 2.91. The maximum Gasteiger partial charge on any atom is 0.143 e. The lowest BCUT2D eigenvalue weighted by molar-refractivity contribution is -0.104. The Labute approximate surface area is 72.0 Å². The van der Waals surface area contributed by atoms with Gasteiger partial charge in [-0.2, -0.15) is 0 Å². The van der Waals surface area contributed by atoms with Gasteiger partial charge in [-0.1, -0.05) is 5.92 Å². The Morgan fingerprint density at radius 2 is 2.08 bits per heavy atom. The highest BCUT2D eigenvalue weighted by Crippen LogP contribution is 1.93. The molecule has 1 fully saturated rings. The van der Waals surface area contributed by atoms with Crippen molar-refractivity contribution >= 4 is 6.29 Å². The van der Waals surface area contributed by atoms with Gasteiger partial charge in [0.2, 0.25) is 0 Å². The third-order valence-electron chi connectivity index (χ3n) is 1.49. The number of carbonyl (C=O) groups is 1. The number of aldehydes is 1. The van der Waals surface area contributed by atoms with Gasteiger partial charge in [-0.05, 0) is 12.2 Å². The predicted molar refractivity (Wildman–Crippen MR) is 45.4 cm³/mol. The average Bonchev–Trinajstić information content (AvgIpc) is 2.14. The summed E-state index contributed by atoms with van der Waals surface area (Å²) in [7, 11) is 0. The van der Waals surface area contributed by atoms with Crippen molar-refractivity contribution in [2.24, 2.45) is 0 Å². The molecule has 0 aliphatic carbocycles. The molecule has 0 N–H and O–H groups in total. The van der Waals surface area contributed by atoms with Crippen LogP contribution >= 0.6 is 0 Å². The zero-order valence-corrected chi connectivity index (χ0v) is 6.82. The molecule has 0 atom stereocenters. The van der Waals surface area contributed by atoms with Crippen molar-refractivity contribution < 1.29 is 9.53 Å². The van der Waals surface area contributed by atoms with E-state index in [1.54, 1.807) is 6.08 Å². The van der Waals surface area contributed by atoms with E-state index in [1.165, 1.54) is 6.08 Å². The van der Waals surface area contributed by atoms with Crippen LogP contribution in [0.1, 0.15) is 0 Å². The highest BCUT2D eigenvalue weighted by Gasteiger charge is 2.04. The first-order valence-corrected chi connectivity index (χ1v) is 3.87. The molecule has 0 amide bonds. The summed E-state index contributed by atoms with van der Waals surface area (Å²) in [5.41, 5.74) is 0. The first kappa shape index (κ1) is 8.82. The Bertz CT molecular complexity index is 218. The van der Waals surface area contributed by atoms with Gasteiger partial charge in [0.05, 0.1) is 13.2 Å². The highest BCUT2D eigenvalue weighted by molar-refractivity contribution is 5.65. The molecule has 1 saturated heterocycles. The quantitative estimate of drug-likeness (QED) is 0.312. The van der Waals surface area contributed by atoms with Crippen LogP contribution in [-0.2, 0) is 9.53 Å². The van der Waals surface area contributed by atoms with E-state index in [4.69, 9.17) is 4.74 Å². The van der Waals surface area contributed by atoms with E-state index in [0.29, 0.717) is 6.29 Å². The molecule has 3 nitrogen and oxygen atoms in total. The molecule has 0 aromatic carbocycles. The van der Waals surface area contributed by atoms with Crippen LogP contribution < -0.4 is 0 Å². The summed E-state index contributed by atoms with van der Waals surface area (Å²) < 4.78 is 5.14. The van der Waals surface area contributed by atoms with Crippen molar-refractivity contribution in [2.45, 2.75) is 0 Å². The minimum atomic E-state index is 0.716. The van der Waals surface area contributed by atoms with E-state index in [0.717, 1.165) is 26.3 Å². The maximum atomic E-state index is 9.87. The van der Waals surface area contributed by atoms with E-state index < -0.39 is 0 Å². The number of nitrogens with zero attached hydrogens (tertiary/aromatic N) is 1. The van der Waals surface area contributed by atoms with E-state index in [-0.39, 0.29) is 0 Å². The monoisotopic (exact) mass is 165 g/mol. The molecule has 3 heteroatoms. The number of ether oxygens (including phenoxy) is 1. The van der Waals surface area contributed by atoms with Crippen LogP contribution in [0.15, 0.2) is 12.2 Å². The fourth-order valence-electron chi connectivity index (χ4n) is 0.891. The van der Waals surface area contributed by atoms with Crippen LogP contribution in [0.25, 0.3) is 0 Å². The van der Waals surface area contributed by atoms with E-state index in [1.807, 2.05) is 4.90 Å². The first-order chi connectivity index (χ1) is 5.93. The average molecular weight is 165 g/mol. The number of carbonyl (C=O) groups excluding carboxylic acids is 1. The predicted octanol–water partition coefficient (Wildman–Crippen LogP) is 0.0346. The second-order valence-electron chi connectivity index (χ2n) is 2.35. The normalized spacial score (nSPS) is 17.2. The lowest BCUT2D eigenvalue weighted by Crippen LogP contribution is -2.32. The fourth-order valence-corrected chi connectivity index (χ4v) is 0.891. The number of hydrogen-bond acceptors (Lipinski definition) is 3. The molecule has 1 rings (SSSR count). The molecular formula is C9H11NO2. The molecule has 0 aromatic rings. The minimum absolute atomic E-state index is 0.716. The van der Waals surface area contributed by atoms with Crippen LogP contribution in [-0.4, -0.2) is 37.5 Å². The smallest absolute Gasteiger partial charge is 0.143 e. The summed E-state index contributed by atoms with van der Waals surface area (Å²) in [6.07, 6.45) is 3.64. The zero-order valence-electron chi connectivity index (χ0n) is 6.82. The van der Waals surface area contributed by atoms with Gasteiger partial charge in [0.1, 0.15) is 6.29 Å². The summed E-state index contributed by atoms with van der Waals surface area (Å²) in [6.45, 7) is 3.18. The van der Waals surface area contributed by atoms with Crippen molar-refractivity contribution in [1.82, 2.24) is 4.90 Å². The number of morpholine rings is 1. The standard InChI is InChI=1S/C9H11NO2/c11-7-3-1-2-4-10-5-8-12-9-6-10/h1,3,7H,5-6,8-9H2/b3-1+. The van der Waals surface area contributed by atoms with Gasteiger partial charge >= 0.3 is 0 Å². The molecule has 1 heterocycles. The Morgan fingerprint density at radius 1 is 1.33 bits per heavy atom. The van der Waals surface area contributed by atoms with Gasteiger partial charge in [0.15, 0.2) is 0 Å². The Hall–Kier alpha value is -1.27.